The maximum Gasteiger partial charge on any atom is 0.305 e. The Labute approximate surface area is 169 Å². The lowest BCUT2D eigenvalue weighted by atomic mass is 10.1. The molecule has 1 aromatic rings. The van der Waals surface area contributed by atoms with Gasteiger partial charge < -0.3 is 15.4 Å². The second-order valence-electron chi connectivity index (χ2n) is 5.74. The first-order chi connectivity index (χ1) is 11.7. The molecule has 2 N–H and O–H groups in total. The van der Waals surface area contributed by atoms with E-state index in [0.29, 0.717) is 32.0 Å². The number of rotatable bonds is 10. The minimum atomic E-state index is -0.151. The summed E-state index contributed by atoms with van der Waals surface area (Å²) < 4.78 is 4.92. The van der Waals surface area contributed by atoms with Crippen LogP contribution in [0.5, 0.6) is 0 Å². The smallest absolute Gasteiger partial charge is 0.305 e. The predicted molar refractivity (Wildman–Crippen MR) is 115 cm³/mol. The number of ether oxygens (including phenoxy) is 1. The molecular formula is C19H32IN3O2. The van der Waals surface area contributed by atoms with E-state index < -0.39 is 0 Å². The van der Waals surface area contributed by atoms with E-state index in [4.69, 9.17) is 4.74 Å². The molecule has 142 valence electrons. The molecule has 0 spiro atoms. The normalized spacial score (nSPS) is 12.0. The second-order valence-corrected chi connectivity index (χ2v) is 5.74. The van der Waals surface area contributed by atoms with Gasteiger partial charge in [-0.25, -0.2) is 0 Å². The number of carbonyl (C=O) groups excluding carboxylic acids is 1. The van der Waals surface area contributed by atoms with Crippen LogP contribution < -0.4 is 10.6 Å². The first kappa shape index (κ1) is 23.7. The monoisotopic (exact) mass is 461 g/mol. The molecule has 0 aliphatic heterocycles. The van der Waals surface area contributed by atoms with Gasteiger partial charge in [0.15, 0.2) is 5.96 Å². The number of aliphatic imine (C=N–C) groups is 1. The minimum absolute atomic E-state index is 0. The van der Waals surface area contributed by atoms with Crippen molar-refractivity contribution in [2.75, 3.05) is 19.7 Å². The van der Waals surface area contributed by atoms with E-state index in [1.165, 1.54) is 5.56 Å². The third kappa shape index (κ3) is 11.8. The maximum absolute atomic E-state index is 11.3. The van der Waals surface area contributed by atoms with Crippen LogP contribution in [0.25, 0.3) is 0 Å². The highest BCUT2D eigenvalue weighted by Gasteiger charge is 2.06. The summed E-state index contributed by atoms with van der Waals surface area (Å²) in [6.45, 7) is 7.89. The second kappa shape index (κ2) is 15.0. The Balaban J connectivity index is 0.00000576. The highest BCUT2D eigenvalue weighted by atomic mass is 127. The molecule has 1 unspecified atom stereocenters. The zero-order valence-electron chi connectivity index (χ0n) is 15.6. The van der Waals surface area contributed by atoms with E-state index in [9.17, 15) is 4.79 Å². The van der Waals surface area contributed by atoms with Gasteiger partial charge in [-0.3, -0.25) is 9.79 Å². The molecule has 0 heterocycles. The Bertz CT molecular complexity index is 495. The van der Waals surface area contributed by atoms with Gasteiger partial charge in [-0.1, -0.05) is 30.3 Å². The van der Waals surface area contributed by atoms with Crippen LogP contribution in [-0.4, -0.2) is 37.7 Å². The fourth-order valence-electron chi connectivity index (χ4n) is 2.30. The molecule has 0 radical (unpaired) electrons. The Kier molecular flexibility index (Phi) is 14.2. The molecule has 1 aromatic carbocycles. The Morgan fingerprint density at radius 1 is 1.24 bits per heavy atom. The van der Waals surface area contributed by atoms with Crippen molar-refractivity contribution in [2.45, 2.75) is 52.5 Å². The van der Waals surface area contributed by atoms with Gasteiger partial charge in [0.05, 0.1) is 6.61 Å². The van der Waals surface area contributed by atoms with Gasteiger partial charge in [0.1, 0.15) is 0 Å². The van der Waals surface area contributed by atoms with Crippen molar-refractivity contribution in [3.8, 4) is 0 Å². The quantitative estimate of drug-likeness (QED) is 0.184. The van der Waals surface area contributed by atoms with Gasteiger partial charge >= 0.3 is 5.97 Å². The average Bonchev–Trinajstić information content (AvgIpc) is 2.58. The fourth-order valence-corrected chi connectivity index (χ4v) is 2.30. The van der Waals surface area contributed by atoms with Crippen LogP contribution in [0.4, 0.5) is 0 Å². The van der Waals surface area contributed by atoms with Gasteiger partial charge in [-0.15, -0.1) is 24.0 Å². The summed E-state index contributed by atoms with van der Waals surface area (Å²) in [5.41, 5.74) is 1.35. The van der Waals surface area contributed by atoms with Crippen molar-refractivity contribution in [1.82, 2.24) is 10.6 Å². The predicted octanol–water partition coefficient (Wildman–Crippen LogP) is 3.52. The van der Waals surface area contributed by atoms with Crippen LogP contribution in [0, 0.1) is 0 Å². The van der Waals surface area contributed by atoms with Crippen LogP contribution in [0.15, 0.2) is 35.3 Å². The molecule has 0 fully saturated rings. The summed E-state index contributed by atoms with van der Waals surface area (Å²) in [5.74, 6) is 0.656. The minimum Gasteiger partial charge on any atom is -0.466 e. The number of hydrogen-bond acceptors (Lipinski definition) is 3. The van der Waals surface area contributed by atoms with Crippen molar-refractivity contribution in [3.05, 3.63) is 35.9 Å². The van der Waals surface area contributed by atoms with Crippen LogP contribution >= 0.6 is 24.0 Å². The lowest BCUT2D eigenvalue weighted by molar-refractivity contribution is -0.143. The first-order valence-corrected chi connectivity index (χ1v) is 8.90. The highest BCUT2D eigenvalue weighted by molar-refractivity contribution is 14.0. The van der Waals surface area contributed by atoms with Gasteiger partial charge in [0, 0.05) is 25.6 Å². The summed E-state index contributed by atoms with van der Waals surface area (Å²) in [7, 11) is 0. The number of benzene rings is 1. The standard InChI is InChI=1S/C19H31N3O2.HI/c1-4-20-19(21-15-9-12-18(23)24-5-2)22-16(3)13-14-17-10-7-6-8-11-17;/h6-8,10-11,16H,4-5,9,12-15H2,1-3H3,(H2,20,21,22);1H. The van der Waals surface area contributed by atoms with Crippen molar-refractivity contribution in [3.63, 3.8) is 0 Å². The van der Waals surface area contributed by atoms with Crippen molar-refractivity contribution in [2.24, 2.45) is 4.99 Å². The third-order valence-corrected chi connectivity index (χ3v) is 3.55. The van der Waals surface area contributed by atoms with Crippen LogP contribution in [0.2, 0.25) is 0 Å². The van der Waals surface area contributed by atoms with E-state index in [1.54, 1.807) is 0 Å². The lowest BCUT2D eigenvalue weighted by Gasteiger charge is -2.18. The first-order valence-electron chi connectivity index (χ1n) is 8.90. The van der Waals surface area contributed by atoms with Crippen LogP contribution in [0.3, 0.4) is 0 Å². The van der Waals surface area contributed by atoms with Gasteiger partial charge in [-0.05, 0) is 45.6 Å². The molecule has 0 amide bonds. The van der Waals surface area contributed by atoms with Crippen molar-refractivity contribution < 1.29 is 9.53 Å². The highest BCUT2D eigenvalue weighted by Crippen LogP contribution is 2.04. The molecular weight excluding hydrogens is 429 g/mol. The zero-order chi connectivity index (χ0) is 17.6. The summed E-state index contributed by atoms with van der Waals surface area (Å²) in [6, 6.07) is 10.8. The van der Waals surface area contributed by atoms with E-state index >= 15 is 0 Å². The van der Waals surface area contributed by atoms with Crippen LogP contribution in [-0.2, 0) is 16.0 Å². The molecule has 1 atom stereocenters. The summed E-state index contributed by atoms with van der Waals surface area (Å²) >= 11 is 0. The Morgan fingerprint density at radius 3 is 2.60 bits per heavy atom. The summed E-state index contributed by atoms with van der Waals surface area (Å²) in [4.78, 5) is 15.8. The lowest BCUT2D eigenvalue weighted by Crippen LogP contribution is -2.42. The number of hydrogen-bond donors (Lipinski definition) is 2. The third-order valence-electron chi connectivity index (χ3n) is 3.55. The van der Waals surface area contributed by atoms with E-state index in [1.807, 2.05) is 19.9 Å². The number of nitrogens with zero attached hydrogens (tertiary/aromatic N) is 1. The SMILES string of the molecule is CCNC(=NCCCC(=O)OCC)NC(C)CCc1ccccc1.I. The molecule has 0 bridgehead atoms. The van der Waals surface area contributed by atoms with Gasteiger partial charge in [0.2, 0.25) is 0 Å². The van der Waals surface area contributed by atoms with Crippen molar-refractivity contribution >= 4 is 35.9 Å². The van der Waals surface area contributed by atoms with Crippen LogP contribution in [0.1, 0.15) is 45.6 Å². The number of halogens is 1. The Morgan fingerprint density at radius 2 is 1.96 bits per heavy atom. The molecule has 6 heteroatoms. The molecule has 0 aliphatic rings. The van der Waals surface area contributed by atoms with E-state index in [2.05, 4.69) is 46.8 Å². The Hall–Kier alpha value is -1.31. The van der Waals surface area contributed by atoms with Gasteiger partial charge in [0.25, 0.3) is 0 Å². The number of aryl methyl sites for hydroxylation is 1. The molecule has 25 heavy (non-hydrogen) atoms. The largest absolute Gasteiger partial charge is 0.466 e. The molecule has 5 nitrogen and oxygen atoms in total. The number of esters is 1. The zero-order valence-corrected chi connectivity index (χ0v) is 17.9. The molecule has 0 saturated heterocycles. The van der Waals surface area contributed by atoms with E-state index in [-0.39, 0.29) is 29.9 Å². The molecule has 0 saturated carbocycles. The topological polar surface area (TPSA) is 62.7 Å². The fraction of sp³-hybridized carbons (Fsp3) is 0.579. The van der Waals surface area contributed by atoms with Gasteiger partial charge in [-0.2, -0.15) is 0 Å². The summed E-state index contributed by atoms with van der Waals surface area (Å²) in [6.07, 6.45) is 3.20. The average molecular weight is 461 g/mol. The summed E-state index contributed by atoms with van der Waals surface area (Å²) in [5, 5.41) is 6.67. The number of nitrogens with one attached hydrogen (secondary N) is 2. The van der Waals surface area contributed by atoms with Crippen molar-refractivity contribution in [1.29, 1.82) is 0 Å². The maximum atomic E-state index is 11.3. The molecule has 1 rings (SSSR count). The molecule has 0 aromatic heterocycles. The number of guanidine groups is 1. The molecule has 0 aliphatic carbocycles. The van der Waals surface area contributed by atoms with E-state index in [0.717, 1.165) is 25.3 Å². The number of carbonyl (C=O) groups is 1.